The number of hydrogen-bond acceptors (Lipinski definition) is 1. The normalized spacial score (nSPS) is 4.00. The summed E-state index contributed by atoms with van der Waals surface area (Å²) in [5, 5.41) is 13.9. The molecule has 0 saturated carbocycles. The van der Waals surface area contributed by atoms with Crippen LogP contribution in [-0.2, 0) is 0 Å². The van der Waals surface area contributed by atoms with Crippen molar-refractivity contribution in [3.8, 4) is 0 Å². The van der Waals surface area contributed by atoms with Crippen LogP contribution in [0.25, 0.3) is 0 Å². The molecule has 0 aliphatic carbocycles. The van der Waals surface area contributed by atoms with Crippen LogP contribution < -0.4 is 0 Å². The third-order valence-electron chi connectivity index (χ3n) is 0. The third-order valence-corrected chi connectivity index (χ3v) is 0. The van der Waals surface area contributed by atoms with Crippen LogP contribution >= 0.6 is 0 Å². The van der Waals surface area contributed by atoms with Gasteiger partial charge in [-0.1, -0.05) is 0 Å². The maximum absolute atomic E-state index is 8.56. The summed E-state index contributed by atoms with van der Waals surface area (Å²) < 4.78 is 0. The van der Waals surface area contributed by atoms with Gasteiger partial charge in [-0.3, -0.25) is 0 Å². The topological polar surface area (TPSA) is 57.5 Å². The molecule has 2 N–H and O–H groups in total. The zero-order valence-electron chi connectivity index (χ0n) is 3.80. The van der Waals surface area contributed by atoms with Gasteiger partial charge in [0.25, 0.3) is 0 Å². The largest absolute Gasteiger partial charge is 0.503 e. The molecule has 0 aliphatic rings. The summed E-state index contributed by atoms with van der Waals surface area (Å²) in [4.78, 5) is 8.56. The first-order chi connectivity index (χ1) is 1.73. The van der Waals surface area contributed by atoms with Crippen LogP contribution in [0.1, 0.15) is 0 Å². The second kappa shape index (κ2) is 9.55. The molecule has 0 unspecified atom stereocenters. The Kier molecular flexibility index (Phi) is 25.0. The van der Waals surface area contributed by atoms with Crippen LogP contribution in [-0.4, -0.2) is 75.5 Å². The Hall–Kier alpha value is 1.27. The van der Waals surface area contributed by atoms with Crippen LogP contribution in [0.3, 0.4) is 0 Å². The number of carboxylic acid groups (broad SMARTS) is 2. The summed E-state index contributed by atoms with van der Waals surface area (Å²) in [6, 6.07) is 0. The van der Waals surface area contributed by atoms with Gasteiger partial charge in [0.15, 0.2) is 0 Å². The Morgan fingerprint density at radius 1 is 1.17 bits per heavy atom. The molecule has 0 amide bonds. The molecule has 0 aromatic carbocycles. The predicted octanol–water partition coefficient (Wildman–Crippen LogP) is -0.539. The maximum Gasteiger partial charge on any atom is 0.503 e. The van der Waals surface area contributed by atoms with E-state index in [-0.39, 0.29) is 59.1 Å². The van der Waals surface area contributed by atoms with Gasteiger partial charge in [-0.25, -0.2) is 4.79 Å². The van der Waals surface area contributed by atoms with Crippen LogP contribution in [0.5, 0.6) is 0 Å². The molecule has 0 saturated heterocycles. The molecular weight excluding hydrogens is 108 g/mol. The van der Waals surface area contributed by atoms with Gasteiger partial charge >= 0.3 is 6.16 Å². The molecule has 0 atom stereocenters. The van der Waals surface area contributed by atoms with E-state index in [1.165, 1.54) is 0 Å². The van der Waals surface area contributed by atoms with E-state index in [4.69, 9.17) is 15.0 Å². The van der Waals surface area contributed by atoms with Crippen molar-refractivity contribution in [1.82, 2.24) is 0 Å². The second-order valence-electron chi connectivity index (χ2n) is 0.283. The van der Waals surface area contributed by atoms with Gasteiger partial charge in [-0.05, 0) is 0 Å². The summed E-state index contributed by atoms with van der Waals surface area (Å²) in [6.45, 7) is 0. The summed E-state index contributed by atoms with van der Waals surface area (Å²) in [5.74, 6) is 0. The Balaban J connectivity index is -0.0000000450. The molecule has 6 heavy (non-hydrogen) atoms. The van der Waals surface area contributed by atoms with Gasteiger partial charge in [0.2, 0.25) is 0 Å². The molecule has 0 rings (SSSR count). The monoisotopic (exact) mass is 110 g/mol. The first-order valence-corrected chi connectivity index (χ1v) is 0.651. The SMILES string of the molecule is O=[14C](O)O.[Na].[Na]. The van der Waals surface area contributed by atoms with Gasteiger partial charge in [0, 0.05) is 59.1 Å². The Bertz CT molecular complexity index is 31.8. The Morgan fingerprint density at radius 3 is 1.17 bits per heavy atom. The summed E-state index contributed by atoms with van der Waals surface area (Å²) in [7, 11) is 0. The molecule has 0 heterocycles. The first kappa shape index (κ1) is 15.7. The fourth-order valence-corrected chi connectivity index (χ4v) is 0. The van der Waals surface area contributed by atoms with Crippen molar-refractivity contribution in [2.45, 2.75) is 0 Å². The number of rotatable bonds is 0. The van der Waals surface area contributed by atoms with Crippen molar-refractivity contribution in [3.05, 3.63) is 0 Å². The average Bonchev–Trinajstić information content (AvgIpc) is 0.811. The average molecular weight is 110 g/mol. The van der Waals surface area contributed by atoms with Crippen molar-refractivity contribution >= 4 is 65.3 Å². The van der Waals surface area contributed by atoms with E-state index in [1.807, 2.05) is 0 Å². The van der Waals surface area contributed by atoms with E-state index in [0.717, 1.165) is 0 Å². The molecule has 26 valence electrons. The van der Waals surface area contributed by atoms with Gasteiger partial charge < -0.3 is 10.2 Å². The van der Waals surface area contributed by atoms with Crippen molar-refractivity contribution in [1.29, 1.82) is 0 Å². The fourth-order valence-electron chi connectivity index (χ4n) is 0. The van der Waals surface area contributed by atoms with E-state index in [9.17, 15) is 0 Å². The third kappa shape index (κ3) is 59.6. The summed E-state index contributed by atoms with van der Waals surface area (Å²) in [6.07, 6.45) is -1.83. The maximum atomic E-state index is 8.56. The number of carbonyl (C=O) groups is 1. The molecule has 0 aliphatic heterocycles. The minimum atomic E-state index is -1.83. The quantitative estimate of drug-likeness (QED) is 0.412. The second-order valence-corrected chi connectivity index (χ2v) is 0.283. The zero-order chi connectivity index (χ0) is 3.58. The zero-order valence-corrected chi connectivity index (χ0v) is 7.80. The van der Waals surface area contributed by atoms with Crippen LogP contribution in [0.15, 0.2) is 0 Å². The summed E-state index contributed by atoms with van der Waals surface area (Å²) >= 11 is 0. The van der Waals surface area contributed by atoms with Crippen molar-refractivity contribution in [2.24, 2.45) is 0 Å². The van der Waals surface area contributed by atoms with Gasteiger partial charge in [0.1, 0.15) is 0 Å². The van der Waals surface area contributed by atoms with E-state index < -0.39 is 6.16 Å². The molecule has 3 nitrogen and oxygen atoms in total. The van der Waals surface area contributed by atoms with E-state index in [2.05, 4.69) is 0 Å². The van der Waals surface area contributed by atoms with Crippen LogP contribution in [0.2, 0.25) is 0 Å². The minimum absolute atomic E-state index is 0. The fraction of sp³-hybridized carbons (Fsp3) is 0. The van der Waals surface area contributed by atoms with Crippen LogP contribution in [0.4, 0.5) is 4.79 Å². The van der Waals surface area contributed by atoms with Crippen LogP contribution in [0, 0.1) is 0 Å². The molecule has 0 bridgehead atoms. The standard InChI is InChI=1S/CH2O3.2Na/c2-1(3)4;;/h(H2,2,3,4);;/i1+2;;. The number of hydrogen-bond donors (Lipinski definition) is 2. The molecule has 0 fully saturated rings. The Labute approximate surface area is 79.3 Å². The van der Waals surface area contributed by atoms with Crippen molar-refractivity contribution in [3.63, 3.8) is 0 Å². The van der Waals surface area contributed by atoms with Gasteiger partial charge in [0.05, 0.1) is 0 Å². The molecular formula is CH2Na2O3. The summed E-state index contributed by atoms with van der Waals surface area (Å²) in [5.41, 5.74) is 0. The van der Waals surface area contributed by atoms with Crippen molar-refractivity contribution < 1.29 is 15.0 Å². The molecule has 0 spiro atoms. The van der Waals surface area contributed by atoms with E-state index >= 15 is 0 Å². The minimum Gasteiger partial charge on any atom is -0.450 e. The molecule has 0 aromatic rings. The molecule has 2 radical (unpaired) electrons. The molecule has 5 heteroatoms. The first-order valence-electron chi connectivity index (χ1n) is 0.651. The van der Waals surface area contributed by atoms with Gasteiger partial charge in [-0.2, -0.15) is 0 Å². The van der Waals surface area contributed by atoms with E-state index in [1.54, 1.807) is 0 Å². The van der Waals surface area contributed by atoms with E-state index in [0.29, 0.717) is 0 Å². The predicted molar refractivity (Wildman–Crippen MR) is 22.2 cm³/mol. The Morgan fingerprint density at radius 2 is 1.17 bits per heavy atom. The molecule has 0 aromatic heterocycles. The van der Waals surface area contributed by atoms with Crippen molar-refractivity contribution in [2.75, 3.05) is 0 Å². The smallest absolute Gasteiger partial charge is 0.450 e. The van der Waals surface area contributed by atoms with Gasteiger partial charge in [-0.15, -0.1) is 0 Å².